The Morgan fingerprint density at radius 1 is 0.575 bits per heavy atom. The highest BCUT2D eigenvalue weighted by molar-refractivity contribution is 5.95. The summed E-state index contributed by atoms with van der Waals surface area (Å²) in [5.41, 5.74) is 0.384. The van der Waals surface area contributed by atoms with E-state index in [-0.39, 0.29) is 22.4 Å². The predicted molar refractivity (Wildman–Crippen MR) is 154 cm³/mol. The number of carbonyl (C=O) groups excluding carboxylic acids is 2. The summed E-state index contributed by atoms with van der Waals surface area (Å²) in [7, 11) is 0. The van der Waals surface area contributed by atoms with Gasteiger partial charge < -0.3 is 19.3 Å². The van der Waals surface area contributed by atoms with Gasteiger partial charge in [-0.2, -0.15) is 0 Å². The molecule has 40 heavy (non-hydrogen) atoms. The van der Waals surface area contributed by atoms with Crippen molar-refractivity contribution in [1.29, 1.82) is 0 Å². The van der Waals surface area contributed by atoms with Crippen LogP contribution >= 0.6 is 0 Å². The van der Waals surface area contributed by atoms with Gasteiger partial charge in [-0.25, -0.2) is 14.4 Å². The fourth-order valence-corrected chi connectivity index (χ4v) is 4.15. The number of aromatic carboxylic acids is 1. The van der Waals surface area contributed by atoms with Crippen LogP contribution in [0.2, 0.25) is 0 Å². The number of ether oxygens (including phenoxy) is 3. The predicted octanol–water partition coefficient (Wildman–Crippen LogP) is 8.12. The van der Waals surface area contributed by atoms with E-state index in [1.54, 1.807) is 24.3 Å². The first-order valence-corrected chi connectivity index (χ1v) is 14.1. The molecule has 0 aliphatic rings. The van der Waals surface area contributed by atoms with E-state index in [1.807, 2.05) is 0 Å². The first-order valence-electron chi connectivity index (χ1n) is 14.1. The Morgan fingerprint density at radius 2 is 1.05 bits per heavy atom. The number of carboxylic acids is 1. The second-order valence-electron chi connectivity index (χ2n) is 9.69. The van der Waals surface area contributed by atoms with Crippen molar-refractivity contribution < 1.29 is 33.7 Å². The maximum Gasteiger partial charge on any atom is 0.343 e. The third-order valence-electron chi connectivity index (χ3n) is 6.45. The standard InChI is InChI=1S/C33H38O7/c1-2-3-4-5-6-7-8-9-10-11-23-38-28-19-21-30(22-20-28)39-32(36)25-15-17-29(18-16-25)40-33(37)27-14-12-13-26(24-27)31(34)35/h12-22,24H,2-11,23H2,1H3,(H,34,35). The largest absolute Gasteiger partial charge is 0.494 e. The molecule has 0 heterocycles. The summed E-state index contributed by atoms with van der Waals surface area (Å²) in [6, 6.07) is 18.4. The van der Waals surface area contributed by atoms with Gasteiger partial charge in [-0.15, -0.1) is 0 Å². The molecule has 1 N–H and O–H groups in total. The molecule has 3 rings (SSSR count). The Hall–Kier alpha value is -4.13. The molecular weight excluding hydrogens is 508 g/mol. The quantitative estimate of drug-likeness (QED) is 0.104. The summed E-state index contributed by atoms with van der Waals surface area (Å²) in [6.07, 6.45) is 12.8. The van der Waals surface area contributed by atoms with Gasteiger partial charge in [0.05, 0.1) is 23.3 Å². The zero-order valence-electron chi connectivity index (χ0n) is 23.1. The van der Waals surface area contributed by atoms with Crippen molar-refractivity contribution in [1.82, 2.24) is 0 Å². The minimum atomic E-state index is -1.14. The number of benzene rings is 3. The highest BCUT2D eigenvalue weighted by Gasteiger charge is 2.13. The summed E-state index contributed by atoms with van der Waals surface area (Å²) < 4.78 is 16.5. The molecule has 7 nitrogen and oxygen atoms in total. The fraction of sp³-hybridized carbons (Fsp3) is 0.364. The minimum absolute atomic E-state index is 0.0128. The van der Waals surface area contributed by atoms with Crippen LogP contribution in [0.4, 0.5) is 0 Å². The van der Waals surface area contributed by atoms with Crippen molar-refractivity contribution in [3.05, 3.63) is 89.5 Å². The lowest BCUT2D eigenvalue weighted by molar-refractivity contribution is 0.0694. The molecule has 212 valence electrons. The van der Waals surface area contributed by atoms with Crippen LogP contribution in [-0.2, 0) is 0 Å². The van der Waals surface area contributed by atoms with Crippen LogP contribution in [0.1, 0.15) is 102 Å². The first-order chi connectivity index (χ1) is 19.5. The second-order valence-corrected chi connectivity index (χ2v) is 9.69. The van der Waals surface area contributed by atoms with E-state index in [1.165, 1.54) is 106 Å². The van der Waals surface area contributed by atoms with E-state index in [9.17, 15) is 14.4 Å². The monoisotopic (exact) mass is 546 g/mol. The van der Waals surface area contributed by atoms with Crippen LogP contribution in [0.25, 0.3) is 0 Å². The van der Waals surface area contributed by atoms with Crippen LogP contribution in [0.5, 0.6) is 17.2 Å². The van der Waals surface area contributed by atoms with E-state index in [0.717, 1.165) is 12.2 Å². The maximum absolute atomic E-state index is 12.5. The normalized spacial score (nSPS) is 10.6. The highest BCUT2D eigenvalue weighted by atomic mass is 16.5. The maximum atomic E-state index is 12.5. The molecule has 0 bridgehead atoms. The SMILES string of the molecule is CCCCCCCCCCCCOc1ccc(OC(=O)c2ccc(OC(=O)c3cccc(C(=O)O)c3)cc2)cc1. The zero-order valence-corrected chi connectivity index (χ0v) is 23.1. The molecule has 0 saturated heterocycles. The lowest BCUT2D eigenvalue weighted by Gasteiger charge is -2.09. The van der Waals surface area contributed by atoms with E-state index >= 15 is 0 Å². The molecule has 0 aliphatic carbocycles. The molecule has 0 spiro atoms. The van der Waals surface area contributed by atoms with Crippen LogP contribution < -0.4 is 14.2 Å². The Kier molecular flexibility index (Phi) is 12.7. The van der Waals surface area contributed by atoms with Crippen LogP contribution in [0, 0.1) is 0 Å². The average molecular weight is 547 g/mol. The molecule has 0 fully saturated rings. The number of unbranched alkanes of at least 4 members (excludes halogenated alkanes) is 9. The van der Waals surface area contributed by atoms with E-state index in [2.05, 4.69) is 6.92 Å². The topological polar surface area (TPSA) is 99.1 Å². The summed E-state index contributed by atoms with van der Waals surface area (Å²) >= 11 is 0. The molecule has 7 heteroatoms. The van der Waals surface area contributed by atoms with Crippen LogP contribution in [0.3, 0.4) is 0 Å². The van der Waals surface area contributed by atoms with Crippen molar-refractivity contribution >= 4 is 17.9 Å². The van der Waals surface area contributed by atoms with Gasteiger partial charge in [0.2, 0.25) is 0 Å². The molecule has 0 aromatic heterocycles. The number of carbonyl (C=O) groups is 3. The zero-order chi connectivity index (χ0) is 28.6. The molecule has 0 aliphatic heterocycles. The van der Waals surface area contributed by atoms with Crippen LogP contribution in [0.15, 0.2) is 72.8 Å². The van der Waals surface area contributed by atoms with Gasteiger partial charge >= 0.3 is 17.9 Å². The molecule has 0 atom stereocenters. The third kappa shape index (κ3) is 10.6. The molecule has 3 aromatic rings. The van der Waals surface area contributed by atoms with Crippen molar-refractivity contribution in [2.24, 2.45) is 0 Å². The Labute approximate surface area is 236 Å². The van der Waals surface area contributed by atoms with Gasteiger partial charge in [0, 0.05) is 0 Å². The molecule has 0 unspecified atom stereocenters. The molecule has 3 aromatic carbocycles. The van der Waals surface area contributed by atoms with E-state index in [4.69, 9.17) is 19.3 Å². The van der Waals surface area contributed by atoms with Gasteiger partial charge in [-0.3, -0.25) is 0 Å². The number of esters is 2. The summed E-state index contributed by atoms with van der Waals surface area (Å²) in [6.45, 7) is 2.91. The third-order valence-corrected chi connectivity index (χ3v) is 6.45. The second kappa shape index (κ2) is 16.7. The lowest BCUT2D eigenvalue weighted by atomic mass is 10.1. The highest BCUT2D eigenvalue weighted by Crippen LogP contribution is 2.21. The summed E-state index contributed by atoms with van der Waals surface area (Å²) in [5.74, 6) is -1.05. The number of carboxylic acid groups (broad SMARTS) is 1. The smallest absolute Gasteiger partial charge is 0.343 e. The van der Waals surface area contributed by atoms with E-state index < -0.39 is 17.9 Å². The number of hydrogen-bond donors (Lipinski definition) is 1. The number of rotatable bonds is 17. The number of hydrogen-bond acceptors (Lipinski definition) is 6. The Morgan fingerprint density at radius 3 is 1.62 bits per heavy atom. The van der Waals surface area contributed by atoms with Crippen LogP contribution in [-0.4, -0.2) is 29.6 Å². The first kappa shape index (κ1) is 30.4. The van der Waals surface area contributed by atoms with Crippen molar-refractivity contribution in [3.8, 4) is 17.2 Å². The van der Waals surface area contributed by atoms with Gasteiger partial charge in [0.1, 0.15) is 17.2 Å². The molecule has 0 amide bonds. The van der Waals surface area contributed by atoms with Crippen molar-refractivity contribution in [2.45, 2.75) is 71.1 Å². The molecular formula is C33H38O7. The van der Waals surface area contributed by atoms with Crippen molar-refractivity contribution in [2.75, 3.05) is 6.61 Å². The minimum Gasteiger partial charge on any atom is -0.494 e. The van der Waals surface area contributed by atoms with E-state index in [0.29, 0.717) is 12.4 Å². The van der Waals surface area contributed by atoms with Gasteiger partial charge in [-0.1, -0.05) is 70.8 Å². The van der Waals surface area contributed by atoms with Gasteiger partial charge in [-0.05, 0) is 73.2 Å². The Balaban J connectivity index is 1.36. The van der Waals surface area contributed by atoms with Gasteiger partial charge in [0.15, 0.2) is 0 Å². The lowest BCUT2D eigenvalue weighted by Crippen LogP contribution is -2.11. The fourth-order valence-electron chi connectivity index (χ4n) is 4.15. The van der Waals surface area contributed by atoms with Crippen molar-refractivity contribution in [3.63, 3.8) is 0 Å². The molecule has 0 radical (unpaired) electrons. The average Bonchev–Trinajstić information content (AvgIpc) is 2.97. The Bertz CT molecular complexity index is 1220. The summed E-state index contributed by atoms with van der Waals surface area (Å²) in [5, 5.41) is 9.08. The van der Waals surface area contributed by atoms with Gasteiger partial charge in [0.25, 0.3) is 0 Å². The summed E-state index contributed by atoms with van der Waals surface area (Å²) in [4.78, 5) is 36.0. The molecule has 0 saturated carbocycles.